The Morgan fingerprint density at radius 2 is 2.33 bits per heavy atom. The molecule has 4 N–H and O–H groups in total. The predicted octanol–water partition coefficient (Wildman–Crippen LogP) is -0.237. The first-order valence-corrected chi connectivity index (χ1v) is 4.10. The monoisotopic (exact) mass is 210 g/mol. The van der Waals surface area contributed by atoms with Crippen LogP contribution in [0.3, 0.4) is 0 Å². The first-order valence-electron chi connectivity index (χ1n) is 4.10. The highest BCUT2D eigenvalue weighted by Crippen LogP contribution is 2.14. The summed E-state index contributed by atoms with van der Waals surface area (Å²) in [5.74, 6) is 0.00235. The van der Waals surface area contributed by atoms with E-state index in [1.165, 1.54) is 12.3 Å². The highest BCUT2D eigenvalue weighted by molar-refractivity contribution is 5.19. The van der Waals surface area contributed by atoms with Crippen molar-refractivity contribution in [3.8, 4) is 0 Å². The number of aliphatic hydroxyl groups excluding tert-OH is 2. The Labute approximate surface area is 85.0 Å². The van der Waals surface area contributed by atoms with E-state index in [4.69, 9.17) is 11.3 Å². The molecule has 2 atom stereocenters. The molecule has 0 aliphatic carbocycles. The maximum absolute atomic E-state index is 9.56. The SMILES string of the molecule is [N-]=[N+]=NCC(O)C(O)c1ccnc(N)n1. The highest BCUT2D eigenvalue weighted by atomic mass is 16.3. The molecule has 0 radical (unpaired) electrons. The Hall–Kier alpha value is -1.89. The summed E-state index contributed by atoms with van der Waals surface area (Å²) in [5, 5.41) is 22.1. The summed E-state index contributed by atoms with van der Waals surface area (Å²) in [5.41, 5.74) is 13.5. The first-order chi connectivity index (χ1) is 7.15. The van der Waals surface area contributed by atoms with Crippen molar-refractivity contribution in [2.24, 2.45) is 5.11 Å². The van der Waals surface area contributed by atoms with Gasteiger partial charge in [-0.05, 0) is 11.6 Å². The fraction of sp³-hybridized carbons (Fsp3) is 0.429. The minimum atomic E-state index is -1.25. The fourth-order valence-corrected chi connectivity index (χ4v) is 0.970. The van der Waals surface area contributed by atoms with Crippen LogP contribution in [0.25, 0.3) is 10.4 Å². The third kappa shape index (κ3) is 3.06. The Morgan fingerprint density at radius 1 is 1.60 bits per heavy atom. The van der Waals surface area contributed by atoms with Gasteiger partial charge in [-0.2, -0.15) is 0 Å². The highest BCUT2D eigenvalue weighted by Gasteiger charge is 2.18. The van der Waals surface area contributed by atoms with E-state index in [1.54, 1.807) is 0 Å². The van der Waals surface area contributed by atoms with Crippen LogP contribution in [-0.2, 0) is 0 Å². The van der Waals surface area contributed by atoms with Gasteiger partial charge < -0.3 is 15.9 Å². The van der Waals surface area contributed by atoms with Crippen molar-refractivity contribution >= 4 is 5.95 Å². The molecule has 8 heteroatoms. The quantitative estimate of drug-likeness (QED) is 0.357. The summed E-state index contributed by atoms with van der Waals surface area (Å²) >= 11 is 0. The largest absolute Gasteiger partial charge is 0.390 e. The maximum atomic E-state index is 9.56. The number of aromatic nitrogens is 2. The van der Waals surface area contributed by atoms with Crippen molar-refractivity contribution in [1.82, 2.24) is 9.97 Å². The van der Waals surface area contributed by atoms with Crippen molar-refractivity contribution in [3.05, 3.63) is 28.4 Å². The zero-order chi connectivity index (χ0) is 11.3. The van der Waals surface area contributed by atoms with Gasteiger partial charge in [0.25, 0.3) is 0 Å². The number of nitrogens with two attached hydrogens (primary N) is 1. The van der Waals surface area contributed by atoms with Gasteiger partial charge in [0.1, 0.15) is 6.10 Å². The molecule has 2 unspecified atom stereocenters. The second-order valence-corrected chi connectivity index (χ2v) is 2.77. The van der Waals surface area contributed by atoms with Crippen molar-refractivity contribution in [3.63, 3.8) is 0 Å². The molecule has 1 rings (SSSR count). The number of rotatable bonds is 4. The summed E-state index contributed by atoms with van der Waals surface area (Å²) in [6.07, 6.45) is -1.10. The molecule has 0 amide bonds. The zero-order valence-electron chi connectivity index (χ0n) is 7.72. The van der Waals surface area contributed by atoms with Gasteiger partial charge in [0.05, 0.1) is 18.3 Å². The van der Waals surface area contributed by atoms with Crippen LogP contribution < -0.4 is 5.73 Å². The summed E-state index contributed by atoms with van der Waals surface area (Å²) in [6.45, 7) is -0.235. The molecule has 0 fully saturated rings. The smallest absolute Gasteiger partial charge is 0.220 e. The molecule has 80 valence electrons. The zero-order valence-corrected chi connectivity index (χ0v) is 7.72. The van der Waals surface area contributed by atoms with Gasteiger partial charge in [-0.3, -0.25) is 0 Å². The summed E-state index contributed by atoms with van der Waals surface area (Å²) in [6, 6.07) is 1.42. The average molecular weight is 210 g/mol. The van der Waals surface area contributed by atoms with E-state index >= 15 is 0 Å². The first kappa shape index (κ1) is 11.2. The Bertz CT molecular complexity index is 377. The number of azide groups is 1. The van der Waals surface area contributed by atoms with E-state index in [0.29, 0.717) is 0 Å². The standard InChI is InChI=1S/C7H10N6O2/c8-7-10-2-1-4(12-7)6(15)5(14)3-11-13-9/h1-2,5-6,14-15H,3H2,(H2,8,10,12). The van der Waals surface area contributed by atoms with Gasteiger partial charge in [0, 0.05) is 11.1 Å². The molecule has 8 nitrogen and oxygen atoms in total. The van der Waals surface area contributed by atoms with Crippen LogP contribution in [0.1, 0.15) is 11.8 Å². The summed E-state index contributed by atoms with van der Waals surface area (Å²) in [4.78, 5) is 9.83. The van der Waals surface area contributed by atoms with Gasteiger partial charge >= 0.3 is 0 Å². The lowest BCUT2D eigenvalue weighted by atomic mass is 10.1. The molecule has 0 saturated carbocycles. The van der Waals surface area contributed by atoms with E-state index < -0.39 is 12.2 Å². The third-order valence-electron chi connectivity index (χ3n) is 1.70. The number of hydrogen-bond acceptors (Lipinski definition) is 6. The molecular weight excluding hydrogens is 200 g/mol. The van der Waals surface area contributed by atoms with Gasteiger partial charge in [-0.15, -0.1) is 0 Å². The molecule has 15 heavy (non-hydrogen) atoms. The van der Waals surface area contributed by atoms with Crippen molar-refractivity contribution in [2.75, 3.05) is 12.3 Å². The predicted molar refractivity (Wildman–Crippen MR) is 51.4 cm³/mol. The summed E-state index contributed by atoms with van der Waals surface area (Å²) in [7, 11) is 0. The molecule has 1 aromatic heterocycles. The van der Waals surface area contributed by atoms with E-state index in [-0.39, 0.29) is 18.2 Å². The van der Waals surface area contributed by atoms with Crippen LogP contribution in [0.15, 0.2) is 17.4 Å². The minimum absolute atomic E-state index is 0.00235. The van der Waals surface area contributed by atoms with Crippen molar-refractivity contribution in [2.45, 2.75) is 12.2 Å². The molecule has 1 heterocycles. The van der Waals surface area contributed by atoms with E-state index in [2.05, 4.69) is 20.0 Å². The van der Waals surface area contributed by atoms with Crippen molar-refractivity contribution < 1.29 is 10.2 Å². The number of nitrogen functional groups attached to an aromatic ring is 1. The second kappa shape index (κ2) is 5.11. The number of hydrogen-bond donors (Lipinski definition) is 3. The fourth-order valence-electron chi connectivity index (χ4n) is 0.970. The lowest BCUT2D eigenvalue weighted by Crippen LogP contribution is -2.22. The normalized spacial score (nSPS) is 14.0. The second-order valence-electron chi connectivity index (χ2n) is 2.77. The molecule has 0 saturated heterocycles. The molecule has 0 aliphatic heterocycles. The van der Waals surface area contributed by atoms with Gasteiger partial charge in [-0.1, -0.05) is 5.11 Å². The minimum Gasteiger partial charge on any atom is -0.390 e. The van der Waals surface area contributed by atoms with E-state index in [0.717, 1.165) is 0 Å². The lowest BCUT2D eigenvalue weighted by Gasteiger charge is -2.14. The van der Waals surface area contributed by atoms with Crippen LogP contribution in [0, 0.1) is 0 Å². The van der Waals surface area contributed by atoms with E-state index in [1.807, 2.05) is 0 Å². The molecule has 0 spiro atoms. The van der Waals surface area contributed by atoms with Crippen LogP contribution in [0.5, 0.6) is 0 Å². The van der Waals surface area contributed by atoms with Crippen LogP contribution in [0.4, 0.5) is 5.95 Å². The van der Waals surface area contributed by atoms with Crippen LogP contribution in [-0.4, -0.2) is 32.8 Å². The molecule has 0 aromatic carbocycles. The Morgan fingerprint density at radius 3 is 2.93 bits per heavy atom. The van der Waals surface area contributed by atoms with Crippen LogP contribution >= 0.6 is 0 Å². The maximum Gasteiger partial charge on any atom is 0.220 e. The lowest BCUT2D eigenvalue weighted by molar-refractivity contribution is 0.0218. The van der Waals surface area contributed by atoms with E-state index in [9.17, 15) is 10.2 Å². The number of anilines is 1. The van der Waals surface area contributed by atoms with Gasteiger partial charge in [0.15, 0.2) is 0 Å². The van der Waals surface area contributed by atoms with Gasteiger partial charge in [0.2, 0.25) is 5.95 Å². The Balaban J connectivity index is 2.75. The average Bonchev–Trinajstić information content (AvgIpc) is 2.24. The Kier molecular flexibility index (Phi) is 3.81. The van der Waals surface area contributed by atoms with Gasteiger partial charge in [-0.25, -0.2) is 9.97 Å². The van der Waals surface area contributed by atoms with Crippen molar-refractivity contribution in [1.29, 1.82) is 0 Å². The molecule has 0 bridgehead atoms. The third-order valence-corrected chi connectivity index (χ3v) is 1.70. The number of nitrogens with zero attached hydrogens (tertiary/aromatic N) is 5. The summed E-state index contributed by atoms with van der Waals surface area (Å²) < 4.78 is 0. The molecule has 1 aromatic rings. The molecule has 0 aliphatic rings. The molecular formula is C7H10N6O2. The van der Waals surface area contributed by atoms with Crippen LogP contribution in [0.2, 0.25) is 0 Å². The topological polar surface area (TPSA) is 141 Å². The number of aliphatic hydroxyl groups is 2.